The average Bonchev–Trinajstić information content (AvgIpc) is 2.52. The molecule has 1 N–H and O–H groups in total. The van der Waals surface area contributed by atoms with Crippen molar-refractivity contribution in [2.24, 2.45) is 0 Å². The Morgan fingerprint density at radius 2 is 2.00 bits per heavy atom. The summed E-state index contributed by atoms with van der Waals surface area (Å²) in [6.45, 7) is 1.66. The summed E-state index contributed by atoms with van der Waals surface area (Å²) in [5.41, 5.74) is 3.22. The Balaban J connectivity index is 2.05. The topological polar surface area (TPSA) is 76.9 Å². The average molecular weight is 280 g/mol. The third kappa shape index (κ3) is 2.38. The maximum Gasteiger partial charge on any atom is 0.280 e. The zero-order valence-electron chi connectivity index (χ0n) is 11.3. The lowest BCUT2D eigenvalue weighted by Crippen LogP contribution is -2.35. The molecular weight excluding hydrogens is 268 g/mol. The first-order valence-electron chi connectivity index (χ1n) is 6.36. The molecule has 6 heteroatoms. The van der Waals surface area contributed by atoms with Crippen molar-refractivity contribution in [3.05, 3.63) is 70.5 Å². The predicted octanol–water partition coefficient (Wildman–Crippen LogP) is 1.48. The van der Waals surface area contributed by atoms with Gasteiger partial charge in [0.2, 0.25) is 0 Å². The Hall–Kier alpha value is -3.02. The number of carbonyl (C=O) groups excluding carboxylic acids is 1. The molecule has 3 rings (SSSR count). The van der Waals surface area contributed by atoms with E-state index in [1.165, 1.54) is 6.20 Å². The van der Waals surface area contributed by atoms with Crippen LogP contribution in [0, 0.1) is 6.92 Å². The summed E-state index contributed by atoms with van der Waals surface area (Å²) in [7, 11) is 0. The van der Waals surface area contributed by atoms with Crippen molar-refractivity contribution < 1.29 is 4.79 Å². The van der Waals surface area contributed by atoms with Gasteiger partial charge in [0.25, 0.3) is 11.5 Å². The summed E-state index contributed by atoms with van der Waals surface area (Å²) in [5.74, 6) is 0.00122. The zero-order chi connectivity index (χ0) is 14.8. The van der Waals surface area contributed by atoms with E-state index >= 15 is 0 Å². The second kappa shape index (κ2) is 5.16. The highest BCUT2D eigenvalue weighted by molar-refractivity contribution is 5.99. The Labute approximate surface area is 120 Å². The lowest BCUT2D eigenvalue weighted by molar-refractivity contribution is 0.101. The zero-order valence-corrected chi connectivity index (χ0v) is 11.3. The van der Waals surface area contributed by atoms with E-state index < -0.39 is 5.91 Å². The molecule has 0 aliphatic carbocycles. The molecule has 0 saturated heterocycles. The fourth-order valence-corrected chi connectivity index (χ4v) is 2.04. The number of aryl methyl sites for hydroxylation is 1. The molecule has 1 aromatic carbocycles. The van der Waals surface area contributed by atoms with Crippen molar-refractivity contribution in [2.45, 2.75) is 6.92 Å². The van der Waals surface area contributed by atoms with E-state index in [0.29, 0.717) is 22.3 Å². The maximum atomic E-state index is 12.4. The van der Waals surface area contributed by atoms with Crippen LogP contribution in [-0.2, 0) is 0 Å². The summed E-state index contributed by atoms with van der Waals surface area (Å²) >= 11 is 0. The summed E-state index contributed by atoms with van der Waals surface area (Å²) in [5, 5.41) is 0.453. The van der Waals surface area contributed by atoms with Gasteiger partial charge < -0.3 is 0 Å². The molecule has 2 aromatic heterocycles. The summed E-state index contributed by atoms with van der Waals surface area (Å²) in [6, 6.07) is 10.3. The number of nitrogens with zero attached hydrogens (tertiary/aromatic N) is 3. The standard InChI is InChI=1S/C15H12N4O2/c1-10-17-13-7-3-2-6-12(13)15(21)19(10)18-14(20)11-5-4-8-16-9-11/h2-9H,1H3,(H,18,20). The van der Waals surface area contributed by atoms with Gasteiger partial charge in [-0.3, -0.25) is 20.0 Å². The van der Waals surface area contributed by atoms with E-state index in [1.54, 1.807) is 43.5 Å². The number of benzene rings is 1. The second-order valence-electron chi connectivity index (χ2n) is 4.50. The molecule has 21 heavy (non-hydrogen) atoms. The molecule has 0 saturated carbocycles. The third-order valence-electron chi connectivity index (χ3n) is 3.08. The first kappa shape index (κ1) is 13.0. The molecular formula is C15H12N4O2. The van der Waals surface area contributed by atoms with Gasteiger partial charge >= 0.3 is 0 Å². The van der Waals surface area contributed by atoms with Crippen LogP contribution in [0.15, 0.2) is 53.6 Å². The van der Waals surface area contributed by atoms with Crippen LogP contribution in [0.4, 0.5) is 0 Å². The van der Waals surface area contributed by atoms with E-state index in [2.05, 4.69) is 15.4 Å². The molecule has 2 heterocycles. The van der Waals surface area contributed by atoms with Crippen LogP contribution in [0.2, 0.25) is 0 Å². The van der Waals surface area contributed by atoms with Gasteiger partial charge in [-0.25, -0.2) is 9.66 Å². The lowest BCUT2D eigenvalue weighted by atomic mass is 10.2. The highest BCUT2D eigenvalue weighted by atomic mass is 16.2. The number of amides is 1. The number of hydrogen-bond acceptors (Lipinski definition) is 4. The molecule has 1 amide bonds. The SMILES string of the molecule is Cc1nc2ccccc2c(=O)n1NC(=O)c1cccnc1. The van der Waals surface area contributed by atoms with Crippen molar-refractivity contribution in [2.75, 3.05) is 5.43 Å². The Bertz CT molecular complexity index is 872. The van der Waals surface area contributed by atoms with E-state index in [-0.39, 0.29) is 5.56 Å². The molecule has 104 valence electrons. The van der Waals surface area contributed by atoms with Crippen LogP contribution >= 0.6 is 0 Å². The molecule has 0 unspecified atom stereocenters. The molecule has 0 atom stereocenters. The number of pyridine rings is 1. The Morgan fingerprint density at radius 3 is 2.76 bits per heavy atom. The second-order valence-corrected chi connectivity index (χ2v) is 4.50. The van der Waals surface area contributed by atoms with Crippen molar-refractivity contribution in [3.8, 4) is 0 Å². The van der Waals surface area contributed by atoms with Crippen LogP contribution in [0.25, 0.3) is 10.9 Å². The van der Waals surface area contributed by atoms with Gasteiger partial charge in [0.15, 0.2) is 0 Å². The molecule has 3 aromatic rings. The first-order valence-corrected chi connectivity index (χ1v) is 6.36. The molecule has 0 aliphatic heterocycles. The molecule has 0 aliphatic rings. The smallest absolute Gasteiger partial charge is 0.267 e. The lowest BCUT2D eigenvalue weighted by Gasteiger charge is -2.11. The van der Waals surface area contributed by atoms with Crippen LogP contribution in [-0.4, -0.2) is 20.6 Å². The molecule has 0 spiro atoms. The van der Waals surface area contributed by atoms with Gasteiger partial charge in [-0.05, 0) is 31.2 Å². The monoisotopic (exact) mass is 280 g/mol. The summed E-state index contributed by atoms with van der Waals surface area (Å²) < 4.78 is 1.15. The quantitative estimate of drug-likeness (QED) is 0.771. The number of rotatable bonds is 2. The van der Waals surface area contributed by atoms with Crippen molar-refractivity contribution in [3.63, 3.8) is 0 Å². The van der Waals surface area contributed by atoms with Gasteiger partial charge in [-0.1, -0.05) is 12.1 Å². The van der Waals surface area contributed by atoms with Gasteiger partial charge in [0.05, 0.1) is 16.5 Å². The van der Waals surface area contributed by atoms with E-state index in [4.69, 9.17) is 0 Å². The highest BCUT2D eigenvalue weighted by Crippen LogP contribution is 2.06. The Kier molecular flexibility index (Phi) is 3.19. The van der Waals surface area contributed by atoms with E-state index in [0.717, 1.165) is 4.68 Å². The molecule has 0 fully saturated rings. The normalized spacial score (nSPS) is 10.5. The van der Waals surface area contributed by atoms with Crippen molar-refractivity contribution >= 4 is 16.8 Å². The number of para-hydroxylation sites is 1. The van der Waals surface area contributed by atoms with E-state index in [1.807, 2.05) is 6.07 Å². The van der Waals surface area contributed by atoms with Crippen LogP contribution in [0.1, 0.15) is 16.2 Å². The third-order valence-corrected chi connectivity index (χ3v) is 3.08. The molecule has 0 radical (unpaired) electrons. The minimum atomic E-state index is -0.412. The number of carbonyl (C=O) groups is 1. The molecule has 6 nitrogen and oxygen atoms in total. The van der Waals surface area contributed by atoms with Gasteiger partial charge in [-0.15, -0.1) is 0 Å². The minimum Gasteiger partial charge on any atom is -0.267 e. The fraction of sp³-hybridized carbons (Fsp3) is 0.0667. The van der Waals surface area contributed by atoms with Crippen molar-refractivity contribution in [1.29, 1.82) is 0 Å². The van der Waals surface area contributed by atoms with Crippen molar-refractivity contribution in [1.82, 2.24) is 14.6 Å². The van der Waals surface area contributed by atoms with E-state index in [9.17, 15) is 9.59 Å². The van der Waals surface area contributed by atoms with Gasteiger partial charge in [-0.2, -0.15) is 0 Å². The Morgan fingerprint density at radius 1 is 1.19 bits per heavy atom. The minimum absolute atomic E-state index is 0.310. The van der Waals surface area contributed by atoms with Crippen LogP contribution in [0.5, 0.6) is 0 Å². The number of hydrogen-bond donors (Lipinski definition) is 1. The van der Waals surface area contributed by atoms with Crippen LogP contribution in [0.3, 0.4) is 0 Å². The highest BCUT2D eigenvalue weighted by Gasteiger charge is 2.11. The largest absolute Gasteiger partial charge is 0.280 e. The first-order chi connectivity index (χ1) is 10.2. The summed E-state index contributed by atoms with van der Waals surface area (Å²) in [4.78, 5) is 32.7. The van der Waals surface area contributed by atoms with Gasteiger partial charge in [0, 0.05) is 12.4 Å². The fourth-order valence-electron chi connectivity index (χ4n) is 2.04. The van der Waals surface area contributed by atoms with Gasteiger partial charge in [0.1, 0.15) is 5.82 Å². The molecule has 0 bridgehead atoms. The number of aromatic nitrogens is 3. The number of fused-ring (bicyclic) bond motifs is 1. The number of nitrogens with one attached hydrogen (secondary N) is 1. The summed E-state index contributed by atoms with van der Waals surface area (Å²) in [6.07, 6.45) is 3.01. The predicted molar refractivity (Wildman–Crippen MR) is 78.7 cm³/mol. The van der Waals surface area contributed by atoms with Crippen LogP contribution < -0.4 is 11.0 Å². The maximum absolute atomic E-state index is 12.4.